The van der Waals surface area contributed by atoms with Crippen molar-refractivity contribution in [3.63, 3.8) is 0 Å². The minimum absolute atomic E-state index is 0.0618. The molecule has 0 radical (unpaired) electrons. The molecule has 92 valence electrons. The standard InChI is InChI=1S/C13H16ClNO2/c1-7-5-10-12(9(3)11(7)14)15(4)13(16)8(2)6-17-10/h5,8H,6H2,1-4H3. The van der Waals surface area contributed by atoms with E-state index in [0.29, 0.717) is 11.6 Å². The summed E-state index contributed by atoms with van der Waals surface area (Å²) < 4.78 is 5.70. The summed E-state index contributed by atoms with van der Waals surface area (Å²) in [6.07, 6.45) is 0. The predicted octanol–water partition coefficient (Wildman–Crippen LogP) is 2.95. The Labute approximate surface area is 106 Å². The zero-order valence-electron chi connectivity index (χ0n) is 10.5. The van der Waals surface area contributed by atoms with Gasteiger partial charge in [-0.1, -0.05) is 18.5 Å². The molecule has 0 saturated heterocycles. The van der Waals surface area contributed by atoms with Gasteiger partial charge in [0.2, 0.25) is 5.91 Å². The van der Waals surface area contributed by atoms with Crippen LogP contribution in [0.2, 0.25) is 5.02 Å². The van der Waals surface area contributed by atoms with Crippen LogP contribution in [0, 0.1) is 19.8 Å². The number of carbonyl (C=O) groups is 1. The average molecular weight is 254 g/mol. The van der Waals surface area contributed by atoms with E-state index in [2.05, 4.69) is 0 Å². The molecular formula is C13H16ClNO2. The lowest BCUT2D eigenvalue weighted by Gasteiger charge is -2.21. The van der Waals surface area contributed by atoms with E-state index in [1.54, 1.807) is 11.9 Å². The molecule has 0 fully saturated rings. The molecule has 0 aromatic heterocycles. The zero-order chi connectivity index (χ0) is 12.7. The van der Waals surface area contributed by atoms with Gasteiger partial charge in [0.15, 0.2) is 0 Å². The molecule has 0 saturated carbocycles. The number of fused-ring (bicyclic) bond motifs is 1. The Balaban J connectivity index is 2.64. The lowest BCUT2D eigenvalue weighted by Crippen LogP contribution is -2.32. The van der Waals surface area contributed by atoms with Gasteiger partial charge in [-0.2, -0.15) is 0 Å². The van der Waals surface area contributed by atoms with Crippen LogP contribution in [0.1, 0.15) is 18.1 Å². The summed E-state index contributed by atoms with van der Waals surface area (Å²) >= 11 is 6.22. The van der Waals surface area contributed by atoms with Gasteiger partial charge in [-0.25, -0.2) is 0 Å². The maximum Gasteiger partial charge on any atom is 0.233 e. The molecule has 1 atom stereocenters. The summed E-state index contributed by atoms with van der Waals surface area (Å²) in [7, 11) is 1.77. The molecule has 3 nitrogen and oxygen atoms in total. The molecule has 0 aliphatic carbocycles. The molecule has 1 aliphatic rings. The molecule has 0 N–H and O–H groups in total. The van der Waals surface area contributed by atoms with Crippen LogP contribution < -0.4 is 9.64 Å². The maximum absolute atomic E-state index is 12.1. The van der Waals surface area contributed by atoms with E-state index in [1.165, 1.54) is 0 Å². The number of halogens is 1. The first-order valence-electron chi connectivity index (χ1n) is 5.63. The van der Waals surface area contributed by atoms with Gasteiger partial charge in [-0.15, -0.1) is 0 Å². The van der Waals surface area contributed by atoms with Crippen molar-refractivity contribution in [2.45, 2.75) is 20.8 Å². The Morgan fingerprint density at radius 2 is 2.12 bits per heavy atom. The van der Waals surface area contributed by atoms with Crippen molar-refractivity contribution in [1.82, 2.24) is 0 Å². The molecule has 0 bridgehead atoms. The SMILES string of the molecule is Cc1cc2c(c(C)c1Cl)N(C)C(=O)C(C)CO2. The lowest BCUT2D eigenvalue weighted by molar-refractivity contribution is -0.122. The number of nitrogens with zero attached hydrogens (tertiary/aromatic N) is 1. The summed E-state index contributed by atoms with van der Waals surface area (Å²) in [5.74, 6) is 0.669. The minimum Gasteiger partial charge on any atom is -0.491 e. The van der Waals surface area contributed by atoms with Crippen LogP contribution in [-0.4, -0.2) is 19.6 Å². The molecule has 1 aromatic carbocycles. The number of hydrogen-bond donors (Lipinski definition) is 0. The molecule has 1 heterocycles. The highest BCUT2D eigenvalue weighted by molar-refractivity contribution is 6.32. The van der Waals surface area contributed by atoms with Gasteiger partial charge in [-0.3, -0.25) is 4.79 Å². The van der Waals surface area contributed by atoms with Crippen molar-refractivity contribution in [3.05, 3.63) is 22.2 Å². The second kappa shape index (κ2) is 4.22. The second-order valence-corrected chi connectivity index (χ2v) is 4.97. The first-order valence-corrected chi connectivity index (χ1v) is 6.01. The van der Waals surface area contributed by atoms with Gasteiger partial charge in [0, 0.05) is 12.1 Å². The molecular weight excluding hydrogens is 238 g/mol. The largest absolute Gasteiger partial charge is 0.491 e. The van der Waals surface area contributed by atoms with Crippen molar-refractivity contribution in [2.24, 2.45) is 5.92 Å². The molecule has 17 heavy (non-hydrogen) atoms. The fourth-order valence-electron chi connectivity index (χ4n) is 2.17. The van der Waals surface area contributed by atoms with E-state index in [0.717, 1.165) is 22.6 Å². The van der Waals surface area contributed by atoms with E-state index in [9.17, 15) is 4.79 Å². The van der Waals surface area contributed by atoms with Crippen LogP contribution in [0.3, 0.4) is 0 Å². The van der Waals surface area contributed by atoms with Gasteiger partial charge in [0.25, 0.3) is 0 Å². The number of anilines is 1. The Hall–Kier alpha value is -1.22. The van der Waals surface area contributed by atoms with Crippen LogP contribution in [0.25, 0.3) is 0 Å². The van der Waals surface area contributed by atoms with Crippen LogP contribution in [-0.2, 0) is 4.79 Å². The molecule has 0 spiro atoms. The summed E-state index contributed by atoms with van der Waals surface area (Å²) in [6, 6.07) is 1.90. The zero-order valence-corrected chi connectivity index (χ0v) is 11.3. The number of carbonyl (C=O) groups excluding carboxylic acids is 1. The van der Waals surface area contributed by atoms with Crippen molar-refractivity contribution in [2.75, 3.05) is 18.6 Å². The Kier molecular flexibility index (Phi) is 3.04. The molecule has 1 aliphatic heterocycles. The normalized spacial score (nSPS) is 19.7. The highest BCUT2D eigenvalue weighted by atomic mass is 35.5. The van der Waals surface area contributed by atoms with Gasteiger partial charge >= 0.3 is 0 Å². The van der Waals surface area contributed by atoms with E-state index in [1.807, 2.05) is 26.8 Å². The van der Waals surface area contributed by atoms with Crippen LogP contribution in [0.4, 0.5) is 5.69 Å². The monoisotopic (exact) mass is 253 g/mol. The third-order valence-electron chi connectivity index (χ3n) is 3.19. The van der Waals surface area contributed by atoms with E-state index < -0.39 is 0 Å². The molecule has 1 unspecified atom stereocenters. The third-order valence-corrected chi connectivity index (χ3v) is 3.77. The van der Waals surface area contributed by atoms with Crippen LogP contribution in [0.15, 0.2) is 6.07 Å². The Bertz CT molecular complexity index is 485. The van der Waals surface area contributed by atoms with Gasteiger partial charge in [0.1, 0.15) is 5.75 Å². The Morgan fingerprint density at radius 3 is 2.76 bits per heavy atom. The van der Waals surface area contributed by atoms with Gasteiger partial charge < -0.3 is 9.64 Å². The fraction of sp³-hybridized carbons (Fsp3) is 0.462. The molecule has 4 heteroatoms. The van der Waals surface area contributed by atoms with Crippen LogP contribution in [0.5, 0.6) is 5.75 Å². The molecule has 1 aromatic rings. The first kappa shape index (κ1) is 12.2. The fourth-order valence-corrected chi connectivity index (χ4v) is 2.31. The quantitative estimate of drug-likeness (QED) is 0.712. The summed E-state index contributed by atoms with van der Waals surface area (Å²) in [6.45, 7) is 6.14. The minimum atomic E-state index is -0.133. The van der Waals surface area contributed by atoms with Gasteiger partial charge in [-0.05, 0) is 31.0 Å². The topological polar surface area (TPSA) is 29.5 Å². The van der Waals surface area contributed by atoms with Crippen molar-refractivity contribution < 1.29 is 9.53 Å². The van der Waals surface area contributed by atoms with E-state index >= 15 is 0 Å². The van der Waals surface area contributed by atoms with Crippen molar-refractivity contribution >= 4 is 23.2 Å². The summed E-state index contributed by atoms with van der Waals surface area (Å²) in [4.78, 5) is 13.7. The lowest BCUT2D eigenvalue weighted by atomic mass is 10.1. The maximum atomic E-state index is 12.1. The number of ether oxygens (including phenoxy) is 1. The van der Waals surface area contributed by atoms with Gasteiger partial charge in [0.05, 0.1) is 18.2 Å². The first-order chi connectivity index (χ1) is 7.93. The average Bonchev–Trinajstić information content (AvgIpc) is 2.39. The van der Waals surface area contributed by atoms with E-state index in [-0.39, 0.29) is 11.8 Å². The van der Waals surface area contributed by atoms with Crippen molar-refractivity contribution in [3.8, 4) is 5.75 Å². The highest BCUT2D eigenvalue weighted by Gasteiger charge is 2.28. The number of rotatable bonds is 0. The van der Waals surface area contributed by atoms with Crippen LogP contribution >= 0.6 is 11.6 Å². The number of hydrogen-bond acceptors (Lipinski definition) is 2. The highest BCUT2D eigenvalue weighted by Crippen LogP contribution is 2.40. The summed E-state index contributed by atoms with van der Waals surface area (Å²) in [5, 5.41) is 0.696. The smallest absolute Gasteiger partial charge is 0.233 e. The Morgan fingerprint density at radius 1 is 1.47 bits per heavy atom. The number of benzene rings is 1. The summed E-state index contributed by atoms with van der Waals surface area (Å²) in [5.41, 5.74) is 2.65. The van der Waals surface area contributed by atoms with Crippen molar-refractivity contribution in [1.29, 1.82) is 0 Å². The van der Waals surface area contributed by atoms with E-state index in [4.69, 9.17) is 16.3 Å². The molecule has 2 rings (SSSR count). The molecule has 1 amide bonds. The second-order valence-electron chi connectivity index (χ2n) is 4.59. The third kappa shape index (κ3) is 1.89. The number of amides is 1. The predicted molar refractivity (Wildman–Crippen MR) is 69.0 cm³/mol. The number of aryl methyl sites for hydroxylation is 1.